The molecule has 0 saturated heterocycles. The van der Waals surface area contributed by atoms with Gasteiger partial charge in [0.2, 0.25) is 0 Å². The van der Waals surface area contributed by atoms with Gasteiger partial charge in [-0.25, -0.2) is 9.97 Å². The number of carbonyl (C=O) groups is 1. The summed E-state index contributed by atoms with van der Waals surface area (Å²) in [6.45, 7) is 0.701. The number of thiazole rings is 1. The van der Waals surface area contributed by atoms with Gasteiger partial charge in [-0.2, -0.15) is 0 Å². The van der Waals surface area contributed by atoms with E-state index < -0.39 is 0 Å². The van der Waals surface area contributed by atoms with Gasteiger partial charge >= 0.3 is 0 Å². The summed E-state index contributed by atoms with van der Waals surface area (Å²) in [4.78, 5) is 27.2. The van der Waals surface area contributed by atoms with Crippen LogP contribution in [0.15, 0.2) is 55.0 Å². The van der Waals surface area contributed by atoms with Crippen LogP contribution in [0.25, 0.3) is 11.0 Å². The molecular formula is C20H17ClN4OS. The molecule has 0 amide bonds. The molecule has 0 aliphatic rings. The van der Waals surface area contributed by atoms with E-state index in [9.17, 15) is 4.79 Å². The van der Waals surface area contributed by atoms with Gasteiger partial charge in [0.1, 0.15) is 5.65 Å². The first-order valence-electron chi connectivity index (χ1n) is 8.46. The molecule has 0 unspecified atom stereocenters. The Bertz CT molecular complexity index is 1090. The summed E-state index contributed by atoms with van der Waals surface area (Å²) in [5.74, 6) is 0.0587. The number of hydrogen-bond acceptors (Lipinski definition) is 5. The Morgan fingerprint density at radius 2 is 2.04 bits per heavy atom. The van der Waals surface area contributed by atoms with Gasteiger partial charge in [-0.05, 0) is 35.4 Å². The van der Waals surface area contributed by atoms with Gasteiger partial charge in [0, 0.05) is 42.8 Å². The summed E-state index contributed by atoms with van der Waals surface area (Å²) in [6, 6.07) is 11.6. The second-order valence-electron chi connectivity index (χ2n) is 6.30. The van der Waals surface area contributed by atoms with Crippen LogP contribution in [0.4, 0.5) is 5.13 Å². The number of aromatic amines is 1. The highest BCUT2D eigenvalue weighted by Crippen LogP contribution is 2.25. The van der Waals surface area contributed by atoms with Crippen molar-refractivity contribution in [2.24, 2.45) is 0 Å². The third-order valence-corrected chi connectivity index (χ3v) is 5.72. The van der Waals surface area contributed by atoms with Gasteiger partial charge in [-0.15, -0.1) is 0 Å². The Labute approximate surface area is 165 Å². The van der Waals surface area contributed by atoms with Crippen LogP contribution in [0.1, 0.15) is 20.8 Å². The van der Waals surface area contributed by atoms with E-state index in [-0.39, 0.29) is 5.78 Å². The number of aromatic nitrogens is 3. The molecule has 1 N–H and O–H groups in total. The summed E-state index contributed by atoms with van der Waals surface area (Å²) in [7, 11) is 1.97. The molecule has 0 atom stereocenters. The number of nitrogens with zero attached hydrogens (tertiary/aromatic N) is 3. The molecule has 0 aliphatic heterocycles. The van der Waals surface area contributed by atoms with Gasteiger partial charge in [-0.3, -0.25) is 4.79 Å². The van der Waals surface area contributed by atoms with Gasteiger partial charge in [-0.1, -0.05) is 35.1 Å². The lowest BCUT2D eigenvalue weighted by Crippen LogP contribution is -2.15. The average molecular weight is 397 g/mol. The van der Waals surface area contributed by atoms with E-state index in [2.05, 4.69) is 15.0 Å². The molecular weight excluding hydrogens is 380 g/mol. The standard InChI is InChI=1S/C20H17ClN4OS/c1-25(12-13-4-6-15(21)7-5-13)20-24-11-18(27-20)17(26)9-14-10-23-19-16(14)3-2-8-22-19/h2-8,10-11H,9,12H2,1H3,(H,22,23). The van der Waals surface area contributed by atoms with Crippen molar-refractivity contribution in [3.63, 3.8) is 0 Å². The fourth-order valence-corrected chi connectivity index (χ4v) is 3.86. The van der Waals surface area contributed by atoms with Gasteiger partial charge in [0.05, 0.1) is 11.1 Å². The monoisotopic (exact) mass is 396 g/mol. The predicted octanol–water partition coefficient (Wildman–Crippen LogP) is 4.73. The van der Waals surface area contributed by atoms with E-state index in [1.165, 1.54) is 11.3 Å². The number of Topliss-reactive ketones (excluding diaryl/α,β-unsaturated/α-hetero) is 1. The lowest BCUT2D eigenvalue weighted by atomic mass is 10.1. The van der Waals surface area contributed by atoms with Crippen LogP contribution in [0.3, 0.4) is 0 Å². The number of halogens is 1. The molecule has 7 heteroatoms. The normalized spacial score (nSPS) is 11.0. The fourth-order valence-electron chi connectivity index (χ4n) is 2.92. The van der Waals surface area contributed by atoms with Crippen molar-refractivity contribution in [3.8, 4) is 0 Å². The number of pyridine rings is 1. The zero-order chi connectivity index (χ0) is 18.8. The first-order chi connectivity index (χ1) is 13.1. The number of carbonyl (C=O) groups excluding carboxylic acids is 1. The van der Waals surface area contributed by atoms with Gasteiger partial charge < -0.3 is 9.88 Å². The van der Waals surface area contributed by atoms with Crippen LogP contribution in [-0.2, 0) is 13.0 Å². The van der Waals surface area contributed by atoms with Crippen molar-refractivity contribution < 1.29 is 4.79 Å². The van der Waals surface area contributed by atoms with E-state index in [0.29, 0.717) is 17.8 Å². The van der Waals surface area contributed by atoms with Crippen molar-refractivity contribution >= 4 is 44.9 Å². The highest BCUT2D eigenvalue weighted by Gasteiger charge is 2.16. The van der Waals surface area contributed by atoms with Gasteiger partial charge in [0.15, 0.2) is 10.9 Å². The van der Waals surface area contributed by atoms with E-state index in [1.807, 2.05) is 54.5 Å². The number of nitrogens with one attached hydrogen (secondary N) is 1. The number of anilines is 1. The van der Waals surface area contributed by atoms with Crippen molar-refractivity contribution in [2.45, 2.75) is 13.0 Å². The molecule has 4 aromatic rings. The second-order valence-corrected chi connectivity index (χ2v) is 7.75. The summed E-state index contributed by atoms with van der Waals surface area (Å²) >= 11 is 7.34. The molecule has 0 saturated carbocycles. The van der Waals surface area contributed by atoms with Crippen molar-refractivity contribution in [2.75, 3.05) is 11.9 Å². The summed E-state index contributed by atoms with van der Waals surface area (Å²) < 4.78 is 0. The van der Waals surface area contributed by atoms with E-state index >= 15 is 0 Å². The molecule has 0 fully saturated rings. The maximum Gasteiger partial charge on any atom is 0.185 e. The lowest BCUT2D eigenvalue weighted by molar-refractivity contribution is 0.0997. The van der Waals surface area contributed by atoms with E-state index in [0.717, 1.165) is 32.3 Å². The molecule has 27 heavy (non-hydrogen) atoms. The maximum absolute atomic E-state index is 12.7. The topological polar surface area (TPSA) is 61.9 Å². The predicted molar refractivity (Wildman–Crippen MR) is 110 cm³/mol. The number of hydrogen-bond donors (Lipinski definition) is 1. The Morgan fingerprint density at radius 1 is 1.22 bits per heavy atom. The second kappa shape index (κ2) is 7.50. The van der Waals surface area contributed by atoms with E-state index in [1.54, 1.807) is 12.4 Å². The van der Waals surface area contributed by atoms with Crippen molar-refractivity contribution in [3.05, 3.63) is 76.0 Å². The molecule has 0 spiro atoms. The minimum absolute atomic E-state index is 0.0587. The molecule has 0 radical (unpaired) electrons. The van der Waals surface area contributed by atoms with Crippen LogP contribution in [0.5, 0.6) is 0 Å². The van der Waals surface area contributed by atoms with Crippen LogP contribution >= 0.6 is 22.9 Å². The van der Waals surface area contributed by atoms with Crippen molar-refractivity contribution in [1.29, 1.82) is 0 Å². The quantitative estimate of drug-likeness (QED) is 0.478. The molecule has 3 aromatic heterocycles. The van der Waals surface area contributed by atoms with Crippen LogP contribution in [0, 0.1) is 0 Å². The third kappa shape index (κ3) is 3.86. The Hall–Kier alpha value is -2.70. The number of benzene rings is 1. The highest BCUT2D eigenvalue weighted by atomic mass is 35.5. The fraction of sp³-hybridized carbons (Fsp3) is 0.150. The molecule has 1 aromatic carbocycles. The molecule has 136 valence electrons. The van der Waals surface area contributed by atoms with Gasteiger partial charge in [0.25, 0.3) is 0 Å². The SMILES string of the molecule is CN(Cc1ccc(Cl)cc1)c1ncc(C(=O)Cc2c[nH]c3ncccc23)s1. The minimum atomic E-state index is 0.0587. The summed E-state index contributed by atoms with van der Waals surface area (Å²) in [6.07, 6.45) is 5.57. The average Bonchev–Trinajstić information content (AvgIpc) is 3.32. The number of fused-ring (bicyclic) bond motifs is 1. The first kappa shape index (κ1) is 17.7. The first-order valence-corrected chi connectivity index (χ1v) is 9.65. The molecule has 3 heterocycles. The Kier molecular flexibility index (Phi) is 4.92. The summed E-state index contributed by atoms with van der Waals surface area (Å²) in [5, 5.41) is 2.51. The van der Waals surface area contributed by atoms with Crippen LogP contribution < -0.4 is 4.90 Å². The minimum Gasteiger partial charge on any atom is -0.347 e. The number of H-pyrrole nitrogens is 1. The highest BCUT2D eigenvalue weighted by molar-refractivity contribution is 7.17. The van der Waals surface area contributed by atoms with Crippen LogP contribution in [0.2, 0.25) is 5.02 Å². The third-order valence-electron chi connectivity index (χ3n) is 4.32. The Balaban J connectivity index is 1.46. The number of rotatable bonds is 6. The zero-order valence-electron chi connectivity index (χ0n) is 14.6. The summed E-state index contributed by atoms with van der Waals surface area (Å²) in [5.41, 5.74) is 2.89. The van der Waals surface area contributed by atoms with E-state index in [4.69, 9.17) is 11.6 Å². The molecule has 4 rings (SSSR count). The smallest absolute Gasteiger partial charge is 0.185 e. The molecule has 0 aliphatic carbocycles. The Morgan fingerprint density at radius 3 is 2.85 bits per heavy atom. The zero-order valence-corrected chi connectivity index (χ0v) is 16.2. The lowest BCUT2D eigenvalue weighted by Gasteiger charge is -2.15. The molecule has 0 bridgehead atoms. The van der Waals surface area contributed by atoms with Crippen LogP contribution in [-0.4, -0.2) is 27.8 Å². The maximum atomic E-state index is 12.7. The van der Waals surface area contributed by atoms with Crippen molar-refractivity contribution in [1.82, 2.24) is 15.0 Å². The largest absolute Gasteiger partial charge is 0.347 e. The molecule has 5 nitrogen and oxygen atoms in total. The number of ketones is 1.